The Morgan fingerprint density at radius 3 is 2.00 bits per heavy atom. The van der Waals surface area contributed by atoms with Crippen LogP contribution in [0.5, 0.6) is 0 Å². The van der Waals surface area contributed by atoms with E-state index in [4.69, 9.17) is 15.3 Å². The molecule has 0 aromatic heterocycles. The van der Waals surface area contributed by atoms with Gasteiger partial charge in [0.15, 0.2) is 6.10 Å². The average Bonchev–Trinajstić information content (AvgIpc) is 2.33. The number of carbonyl (C=O) groups excluding carboxylic acids is 2. The summed E-state index contributed by atoms with van der Waals surface area (Å²) in [5.74, 6) is -2.16. The Bertz CT molecular complexity index is 308. The molecule has 0 heterocycles. The average molecular weight is 281 g/mol. The van der Waals surface area contributed by atoms with E-state index >= 15 is 0 Å². The van der Waals surface area contributed by atoms with Crippen molar-refractivity contribution in [3.63, 3.8) is 0 Å². The lowest BCUT2D eigenvalue weighted by Crippen LogP contribution is -2.52. The van der Waals surface area contributed by atoms with Crippen LogP contribution in [0.3, 0.4) is 0 Å². The molecule has 7 N–H and O–H groups in total. The lowest BCUT2D eigenvalue weighted by molar-refractivity contribution is -0.151. The van der Waals surface area contributed by atoms with Crippen molar-refractivity contribution >= 4 is 11.8 Å². The largest absolute Gasteiger partial charge is 0.394 e. The van der Waals surface area contributed by atoms with Gasteiger partial charge in [-0.05, 0) is 6.92 Å². The first-order valence-corrected chi connectivity index (χ1v) is 5.55. The highest BCUT2D eigenvalue weighted by Gasteiger charge is 2.34. The van der Waals surface area contributed by atoms with E-state index in [0.717, 1.165) is 0 Å². The van der Waals surface area contributed by atoms with Gasteiger partial charge in [-0.1, -0.05) is 0 Å². The minimum atomic E-state index is -2.17. The molecule has 0 aliphatic heterocycles. The molecule has 0 aromatic carbocycles. The van der Waals surface area contributed by atoms with Gasteiger partial charge in [0, 0.05) is 0 Å². The summed E-state index contributed by atoms with van der Waals surface area (Å²) in [5.41, 5.74) is 0. The van der Waals surface area contributed by atoms with Crippen LogP contribution in [-0.4, -0.2) is 79.6 Å². The van der Waals surface area contributed by atoms with Crippen molar-refractivity contribution in [3.05, 3.63) is 0 Å². The minimum absolute atomic E-state index is 0.379. The van der Waals surface area contributed by atoms with Crippen LogP contribution in [0.25, 0.3) is 0 Å². The molecule has 0 fully saturated rings. The third-order valence-electron chi connectivity index (χ3n) is 2.27. The maximum atomic E-state index is 11.3. The Hall–Kier alpha value is -1.10. The first-order valence-electron chi connectivity index (χ1n) is 5.55. The second-order valence-electron chi connectivity index (χ2n) is 4.14. The molecule has 9 nitrogen and oxygen atoms in total. The number of carbonyl (C=O) groups is 2. The number of aliphatic hydroxyl groups is 6. The number of hydrogen-bond acceptors (Lipinski definition) is 8. The van der Waals surface area contributed by atoms with Crippen LogP contribution in [-0.2, 0) is 9.59 Å². The van der Waals surface area contributed by atoms with Gasteiger partial charge in [-0.25, -0.2) is 0 Å². The van der Waals surface area contributed by atoms with E-state index in [-0.39, 0.29) is 6.42 Å². The van der Waals surface area contributed by atoms with Crippen LogP contribution in [0.2, 0.25) is 0 Å². The van der Waals surface area contributed by atoms with Crippen molar-refractivity contribution in [1.82, 2.24) is 5.32 Å². The van der Waals surface area contributed by atoms with Crippen molar-refractivity contribution in [2.24, 2.45) is 0 Å². The SMILES string of the molecule is C[C@@H](O)CC(=O)NC(=O)[C@H](O)[C@@H](O)[C@H](O)[C@H](O)CO. The topological polar surface area (TPSA) is 168 Å². The molecule has 5 atom stereocenters. The highest BCUT2D eigenvalue weighted by molar-refractivity contribution is 5.97. The van der Waals surface area contributed by atoms with Crippen LogP contribution in [0.4, 0.5) is 0 Å². The second-order valence-corrected chi connectivity index (χ2v) is 4.14. The molecule has 0 aromatic rings. The van der Waals surface area contributed by atoms with Crippen LogP contribution in [0.1, 0.15) is 13.3 Å². The maximum Gasteiger partial charge on any atom is 0.258 e. The quantitative estimate of drug-likeness (QED) is 0.247. The van der Waals surface area contributed by atoms with Crippen molar-refractivity contribution in [2.45, 2.75) is 43.9 Å². The highest BCUT2D eigenvalue weighted by atomic mass is 16.4. The third kappa shape index (κ3) is 6.05. The minimum Gasteiger partial charge on any atom is -0.394 e. The molecule has 0 spiro atoms. The highest BCUT2D eigenvalue weighted by Crippen LogP contribution is 2.05. The van der Waals surface area contributed by atoms with E-state index in [1.165, 1.54) is 6.92 Å². The van der Waals surface area contributed by atoms with E-state index in [1.807, 2.05) is 0 Å². The standard InChI is InChI=1S/C10H19NO8/c1-4(13)2-6(15)11-10(19)9(18)8(17)7(16)5(14)3-12/h4-5,7-9,12-14,16-18H,2-3H2,1H3,(H,11,15,19)/t4-,5-,7-,8+,9-/m1/s1. The summed E-state index contributed by atoms with van der Waals surface area (Å²) >= 11 is 0. The Kier molecular flexibility index (Phi) is 7.68. The van der Waals surface area contributed by atoms with Crippen LogP contribution < -0.4 is 5.32 Å². The smallest absolute Gasteiger partial charge is 0.258 e. The second kappa shape index (κ2) is 8.15. The molecule has 0 radical (unpaired) electrons. The van der Waals surface area contributed by atoms with Crippen LogP contribution >= 0.6 is 0 Å². The van der Waals surface area contributed by atoms with Gasteiger partial charge in [-0.15, -0.1) is 0 Å². The summed E-state index contributed by atoms with van der Waals surface area (Å²) in [4.78, 5) is 22.4. The normalized spacial score (nSPS) is 19.1. The fraction of sp³-hybridized carbons (Fsp3) is 0.800. The van der Waals surface area contributed by atoms with Crippen LogP contribution in [0.15, 0.2) is 0 Å². The van der Waals surface area contributed by atoms with Gasteiger partial charge in [-0.2, -0.15) is 0 Å². The van der Waals surface area contributed by atoms with E-state index in [0.29, 0.717) is 0 Å². The van der Waals surface area contributed by atoms with Crippen molar-refractivity contribution in [2.75, 3.05) is 6.61 Å². The zero-order valence-electron chi connectivity index (χ0n) is 10.3. The zero-order chi connectivity index (χ0) is 15.2. The first-order chi connectivity index (χ1) is 8.70. The van der Waals surface area contributed by atoms with E-state index < -0.39 is 48.9 Å². The third-order valence-corrected chi connectivity index (χ3v) is 2.27. The fourth-order valence-electron chi connectivity index (χ4n) is 1.21. The molecule has 0 rings (SSSR count). The van der Waals surface area contributed by atoms with Crippen LogP contribution in [0, 0.1) is 0 Å². The Balaban J connectivity index is 4.43. The lowest BCUT2D eigenvalue weighted by atomic mass is 10.0. The number of rotatable bonds is 7. The number of nitrogens with one attached hydrogen (secondary N) is 1. The van der Waals surface area contributed by atoms with Crippen molar-refractivity contribution in [3.8, 4) is 0 Å². The summed E-state index contributed by atoms with van der Waals surface area (Å²) in [6.45, 7) is 0.435. The fourth-order valence-corrected chi connectivity index (χ4v) is 1.21. The van der Waals surface area contributed by atoms with Gasteiger partial charge in [0.1, 0.15) is 18.3 Å². The van der Waals surface area contributed by atoms with E-state index in [9.17, 15) is 24.9 Å². The lowest BCUT2D eigenvalue weighted by Gasteiger charge is -2.24. The Labute approximate surface area is 109 Å². The monoisotopic (exact) mass is 281 g/mol. The molecular weight excluding hydrogens is 262 g/mol. The summed E-state index contributed by atoms with van der Waals surface area (Å²) < 4.78 is 0. The number of amides is 2. The molecule has 19 heavy (non-hydrogen) atoms. The van der Waals surface area contributed by atoms with Gasteiger partial charge in [-0.3, -0.25) is 14.9 Å². The molecule has 0 bridgehead atoms. The molecule has 0 saturated heterocycles. The Morgan fingerprint density at radius 1 is 1.05 bits per heavy atom. The molecule has 0 aliphatic rings. The summed E-state index contributed by atoms with van der Waals surface area (Å²) in [5, 5.41) is 56.1. The predicted octanol–water partition coefficient (Wildman–Crippen LogP) is -4.16. The summed E-state index contributed by atoms with van der Waals surface area (Å²) in [6, 6.07) is 0. The molecule has 2 amide bonds. The first kappa shape index (κ1) is 17.9. The molecule has 0 unspecified atom stereocenters. The number of imide groups is 1. The summed E-state index contributed by atoms with van der Waals surface area (Å²) in [6.07, 6.45) is -9.33. The molecule has 0 saturated carbocycles. The predicted molar refractivity (Wildman–Crippen MR) is 60.6 cm³/mol. The van der Waals surface area contributed by atoms with Crippen molar-refractivity contribution < 1.29 is 40.2 Å². The van der Waals surface area contributed by atoms with Gasteiger partial charge < -0.3 is 30.6 Å². The number of hydrogen-bond donors (Lipinski definition) is 7. The van der Waals surface area contributed by atoms with Crippen molar-refractivity contribution in [1.29, 1.82) is 0 Å². The van der Waals surface area contributed by atoms with Gasteiger partial charge in [0.05, 0.1) is 19.1 Å². The number of aliphatic hydroxyl groups excluding tert-OH is 6. The molecule has 0 aliphatic carbocycles. The van der Waals surface area contributed by atoms with Gasteiger partial charge in [0.25, 0.3) is 5.91 Å². The van der Waals surface area contributed by atoms with Gasteiger partial charge >= 0.3 is 0 Å². The van der Waals surface area contributed by atoms with E-state index in [1.54, 1.807) is 5.32 Å². The van der Waals surface area contributed by atoms with E-state index in [2.05, 4.69) is 0 Å². The zero-order valence-corrected chi connectivity index (χ0v) is 10.3. The maximum absolute atomic E-state index is 11.3. The summed E-state index contributed by atoms with van der Waals surface area (Å²) in [7, 11) is 0. The Morgan fingerprint density at radius 2 is 1.58 bits per heavy atom. The molecule has 112 valence electrons. The van der Waals surface area contributed by atoms with Gasteiger partial charge in [0.2, 0.25) is 5.91 Å². The molecular formula is C10H19NO8. The molecule has 9 heteroatoms.